The SMILES string of the molecule is CS(=O)(=O)c1ccccc1-c1ccc(NC(=O)NN(c2ccccc2)c2cccc(C(N)=NO)c2)cc1. The Kier molecular flexibility index (Phi) is 7.40. The summed E-state index contributed by atoms with van der Waals surface area (Å²) in [6.45, 7) is 0. The number of hydrazine groups is 1. The van der Waals surface area contributed by atoms with Crippen molar-refractivity contribution in [3.63, 3.8) is 0 Å². The van der Waals surface area contributed by atoms with Crippen molar-refractivity contribution >= 4 is 38.8 Å². The molecule has 0 saturated heterocycles. The minimum absolute atomic E-state index is 0.0585. The van der Waals surface area contributed by atoms with Crippen LogP contribution >= 0.6 is 0 Å². The molecule has 0 saturated carbocycles. The molecule has 0 aromatic heterocycles. The van der Waals surface area contributed by atoms with Gasteiger partial charge in [-0.05, 0) is 48.0 Å². The zero-order valence-electron chi connectivity index (χ0n) is 19.9. The van der Waals surface area contributed by atoms with Crippen molar-refractivity contribution in [2.24, 2.45) is 10.9 Å². The van der Waals surface area contributed by atoms with E-state index in [0.717, 1.165) is 0 Å². The fourth-order valence-corrected chi connectivity index (χ4v) is 4.65. The number of carbonyl (C=O) groups is 1. The zero-order chi connectivity index (χ0) is 26.4. The molecule has 0 bridgehead atoms. The number of benzene rings is 4. The van der Waals surface area contributed by atoms with Gasteiger partial charge in [-0.3, -0.25) is 5.01 Å². The fraction of sp³-hybridized carbons (Fsp3) is 0.0370. The molecule has 0 aliphatic heterocycles. The molecular formula is C27H25N5O4S. The monoisotopic (exact) mass is 515 g/mol. The van der Waals surface area contributed by atoms with Crippen LogP contribution in [0.4, 0.5) is 21.9 Å². The van der Waals surface area contributed by atoms with Crippen molar-refractivity contribution in [1.82, 2.24) is 5.43 Å². The zero-order valence-corrected chi connectivity index (χ0v) is 20.7. The molecule has 0 unspecified atom stereocenters. The van der Waals surface area contributed by atoms with Gasteiger partial charge < -0.3 is 16.3 Å². The van der Waals surface area contributed by atoms with Crippen molar-refractivity contribution in [1.29, 1.82) is 0 Å². The first-order valence-corrected chi connectivity index (χ1v) is 13.1. The number of carbonyl (C=O) groups excluding carboxylic acids is 1. The Hall–Kier alpha value is -4.83. The van der Waals surface area contributed by atoms with Gasteiger partial charge in [-0.2, -0.15) is 0 Å². The first kappa shape index (κ1) is 25.3. The number of anilines is 3. The Balaban J connectivity index is 1.56. The summed E-state index contributed by atoms with van der Waals surface area (Å²) in [6.07, 6.45) is 1.17. The molecule has 4 aromatic carbocycles. The summed E-state index contributed by atoms with van der Waals surface area (Å²) in [5, 5.41) is 16.4. The normalized spacial score (nSPS) is 11.5. The average Bonchev–Trinajstić information content (AvgIpc) is 2.92. The molecule has 0 heterocycles. The third kappa shape index (κ3) is 6.06. The highest BCUT2D eigenvalue weighted by molar-refractivity contribution is 7.90. The lowest BCUT2D eigenvalue weighted by molar-refractivity contribution is 0.252. The molecule has 0 aliphatic rings. The minimum atomic E-state index is -3.40. The van der Waals surface area contributed by atoms with Gasteiger partial charge in [-0.1, -0.05) is 65.8 Å². The number of nitrogens with two attached hydrogens (primary N) is 1. The highest BCUT2D eigenvalue weighted by Crippen LogP contribution is 2.28. The van der Waals surface area contributed by atoms with Gasteiger partial charge in [0.25, 0.3) is 0 Å². The van der Waals surface area contributed by atoms with E-state index in [0.29, 0.717) is 33.8 Å². The Labute approximate surface area is 214 Å². The summed E-state index contributed by atoms with van der Waals surface area (Å²) < 4.78 is 24.3. The number of hydrogen-bond donors (Lipinski definition) is 4. The smallest absolute Gasteiger partial charge is 0.338 e. The number of amides is 2. The van der Waals surface area contributed by atoms with Crippen LogP contribution in [0.25, 0.3) is 11.1 Å². The first-order valence-electron chi connectivity index (χ1n) is 11.2. The number of urea groups is 1. The summed E-state index contributed by atoms with van der Waals surface area (Å²) in [5.74, 6) is -0.0585. The summed E-state index contributed by atoms with van der Waals surface area (Å²) in [5.41, 5.74) is 12.1. The predicted molar refractivity (Wildman–Crippen MR) is 145 cm³/mol. The highest BCUT2D eigenvalue weighted by atomic mass is 32.2. The Morgan fingerprint density at radius 2 is 1.51 bits per heavy atom. The maximum atomic E-state index is 13.0. The van der Waals surface area contributed by atoms with Gasteiger partial charge in [-0.25, -0.2) is 18.6 Å². The van der Waals surface area contributed by atoms with Gasteiger partial charge in [0, 0.05) is 23.1 Å². The van der Waals surface area contributed by atoms with Crippen LogP contribution in [0, 0.1) is 0 Å². The molecule has 4 aromatic rings. The molecule has 4 rings (SSSR count). The Bertz CT molecular complexity index is 1540. The first-order chi connectivity index (χ1) is 17.8. The van der Waals surface area contributed by atoms with Crippen LogP contribution in [-0.2, 0) is 9.84 Å². The van der Waals surface area contributed by atoms with Gasteiger partial charge in [0.15, 0.2) is 15.7 Å². The van der Waals surface area contributed by atoms with E-state index in [2.05, 4.69) is 15.9 Å². The second kappa shape index (κ2) is 10.8. The number of oxime groups is 1. The number of hydrogen-bond acceptors (Lipinski definition) is 6. The maximum absolute atomic E-state index is 13.0. The molecule has 5 N–H and O–H groups in total. The second-order valence-corrected chi connectivity index (χ2v) is 10.1. The minimum Gasteiger partial charge on any atom is -0.409 e. The average molecular weight is 516 g/mol. The van der Waals surface area contributed by atoms with Crippen LogP contribution in [0.15, 0.2) is 113 Å². The lowest BCUT2D eigenvalue weighted by Crippen LogP contribution is -2.41. The van der Waals surface area contributed by atoms with E-state index in [-0.39, 0.29) is 10.7 Å². The van der Waals surface area contributed by atoms with Gasteiger partial charge in [0.2, 0.25) is 0 Å². The number of nitrogens with zero attached hydrogens (tertiary/aromatic N) is 2. The van der Waals surface area contributed by atoms with Gasteiger partial charge in [0.05, 0.1) is 16.3 Å². The number of para-hydroxylation sites is 1. The Morgan fingerprint density at radius 3 is 2.19 bits per heavy atom. The molecule has 0 aliphatic carbocycles. The van der Waals surface area contributed by atoms with Gasteiger partial charge >= 0.3 is 6.03 Å². The van der Waals surface area contributed by atoms with Crippen molar-refractivity contribution in [2.45, 2.75) is 4.90 Å². The summed E-state index contributed by atoms with van der Waals surface area (Å²) in [7, 11) is -3.40. The molecule has 0 atom stereocenters. The van der Waals surface area contributed by atoms with E-state index in [1.165, 1.54) is 6.26 Å². The van der Waals surface area contributed by atoms with E-state index in [1.807, 2.05) is 30.3 Å². The molecule has 9 nitrogen and oxygen atoms in total. The van der Waals surface area contributed by atoms with Crippen molar-refractivity contribution < 1.29 is 18.4 Å². The van der Waals surface area contributed by atoms with E-state index in [1.54, 1.807) is 77.8 Å². The van der Waals surface area contributed by atoms with Crippen LogP contribution in [-0.4, -0.2) is 31.7 Å². The van der Waals surface area contributed by atoms with Crippen molar-refractivity contribution in [3.05, 3.63) is 109 Å². The van der Waals surface area contributed by atoms with Crippen LogP contribution in [0.2, 0.25) is 0 Å². The van der Waals surface area contributed by atoms with Crippen LogP contribution in [0.5, 0.6) is 0 Å². The summed E-state index contributed by atoms with van der Waals surface area (Å²) in [6, 6.07) is 29.2. The molecule has 188 valence electrons. The van der Waals surface area contributed by atoms with E-state index >= 15 is 0 Å². The fourth-order valence-electron chi connectivity index (χ4n) is 3.74. The van der Waals surface area contributed by atoms with Gasteiger partial charge in [-0.15, -0.1) is 0 Å². The van der Waals surface area contributed by atoms with Crippen LogP contribution < -0.4 is 21.5 Å². The Morgan fingerprint density at radius 1 is 0.865 bits per heavy atom. The maximum Gasteiger partial charge on any atom is 0.338 e. The third-order valence-electron chi connectivity index (χ3n) is 5.48. The second-order valence-electron chi connectivity index (χ2n) is 8.12. The third-order valence-corrected chi connectivity index (χ3v) is 6.63. The molecule has 0 radical (unpaired) electrons. The lowest BCUT2D eigenvalue weighted by Gasteiger charge is -2.26. The summed E-state index contributed by atoms with van der Waals surface area (Å²) in [4.78, 5) is 13.2. The number of nitrogens with one attached hydrogen (secondary N) is 2. The lowest BCUT2D eigenvalue weighted by atomic mass is 10.1. The topological polar surface area (TPSA) is 137 Å². The summed E-state index contributed by atoms with van der Waals surface area (Å²) >= 11 is 0. The van der Waals surface area contributed by atoms with E-state index in [4.69, 9.17) is 10.9 Å². The molecule has 37 heavy (non-hydrogen) atoms. The van der Waals surface area contributed by atoms with Crippen molar-refractivity contribution in [2.75, 3.05) is 16.6 Å². The quantitative estimate of drug-likeness (QED) is 0.122. The van der Waals surface area contributed by atoms with Crippen LogP contribution in [0.3, 0.4) is 0 Å². The number of rotatable bonds is 7. The molecule has 0 fully saturated rings. The largest absolute Gasteiger partial charge is 0.409 e. The van der Waals surface area contributed by atoms with E-state index in [9.17, 15) is 13.2 Å². The van der Waals surface area contributed by atoms with Gasteiger partial charge in [0.1, 0.15) is 0 Å². The predicted octanol–water partition coefficient (Wildman–Crippen LogP) is 4.73. The number of amidine groups is 1. The van der Waals surface area contributed by atoms with Crippen LogP contribution in [0.1, 0.15) is 5.56 Å². The molecule has 10 heteroatoms. The molecule has 0 spiro atoms. The van der Waals surface area contributed by atoms with E-state index < -0.39 is 15.9 Å². The number of sulfone groups is 1. The highest BCUT2D eigenvalue weighted by Gasteiger charge is 2.16. The van der Waals surface area contributed by atoms with Crippen molar-refractivity contribution in [3.8, 4) is 11.1 Å². The molecule has 2 amide bonds. The molecular weight excluding hydrogens is 490 g/mol. The standard InChI is InChI=1S/C27H25N5O4S/c1-37(35,36)25-13-6-5-12-24(25)19-14-16-21(17-15-19)29-27(33)30-32(22-9-3-2-4-10-22)23-11-7-8-20(18-23)26(28)31-34/h2-18,34H,1H3,(H2,28,31)(H2,29,30,33).